The maximum absolute atomic E-state index is 12.9. The maximum atomic E-state index is 12.9. The van der Waals surface area contributed by atoms with Crippen LogP contribution in [0.15, 0.2) is 48.5 Å². The smallest absolute Gasteiger partial charge is 0.263 e. The molecule has 1 aliphatic heterocycles. The third-order valence-electron chi connectivity index (χ3n) is 4.77. The van der Waals surface area contributed by atoms with Crippen molar-refractivity contribution in [3.8, 4) is 5.75 Å². The Hall–Kier alpha value is -2.20. The van der Waals surface area contributed by atoms with Gasteiger partial charge in [-0.3, -0.25) is 4.79 Å². The Bertz CT molecular complexity index is 743. The van der Waals surface area contributed by atoms with Gasteiger partial charge in [-0.05, 0) is 49.2 Å². The Morgan fingerprint density at radius 3 is 2.42 bits per heavy atom. The van der Waals surface area contributed by atoms with Crippen molar-refractivity contribution in [1.29, 1.82) is 0 Å². The predicted molar refractivity (Wildman–Crippen MR) is 106 cm³/mol. The van der Waals surface area contributed by atoms with Crippen molar-refractivity contribution in [3.63, 3.8) is 0 Å². The largest absolute Gasteiger partial charge is 0.481 e. The first-order valence-corrected chi connectivity index (χ1v) is 9.48. The molecule has 0 bridgehead atoms. The van der Waals surface area contributed by atoms with Crippen LogP contribution in [0.25, 0.3) is 0 Å². The van der Waals surface area contributed by atoms with Crippen LogP contribution < -0.4 is 9.64 Å². The number of amides is 1. The highest BCUT2D eigenvalue weighted by molar-refractivity contribution is 6.31. The molecule has 1 atom stereocenters. The number of ether oxygens (including phenoxy) is 1. The number of halogens is 1. The van der Waals surface area contributed by atoms with Gasteiger partial charge in [0, 0.05) is 36.9 Å². The summed E-state index contributed by atoms with van der Waals surface area (Å²) in [5.41, 5.74) is 2.16. The molecular weight excluding hydrogens is 348 g/mol. The van der Waals surface area contributed by atoms with E-state index in [0.29, 0.717) is 30.3 Å². The molecule has 4 nitrogen and oxygen atoms in total. The Kier molecular flexibility index (Phi) is 6.04. The van der Waals surface area contributed by atoms with Crippen LogP contribution in [0.2, 0.25) is 5.02 Å². The lowest BCUT2D eigenvalue weighted by Gasteiger charge is -2.37. The summed E-state index contributed by atoms with van der Waals surface area (Å²) in [4.78, 5) is 17.1. The lowest BCUT2D eigenvalue weighted by atomic mass is 10.2. The van der Waals surface area contributed by atoms with E-state index in [1.807, 2.05) is 55.1 Å². The molecular formula is C21H25ClN2O2. The molecule has 138 valence electrons. The second-order valence-electron chi connectivity index (χ2n) is 6.57. The van der Waals surface area contributed by atoms with Gasteiger partial charge in [0.2, 0.25) is 0 Å². The Morgan fingerprint density at radius 1 is 1.12 bits per heavy atom. The minimum atomic E-state index is -0.459. The van der Waals surface area contributed by atoms with Crippen molar-refractivity contribution in [2.24, 2.45) is 0 Å². The zero-order valence-corrected chi connectivity index (χ0v) is 16.1. The van der Waals surface area contributed by atoms with Gasteiger partial charge >= 0.3 is 0 Å². The lowest BCUT2D eigenvalue weighted by molar-refractivity contribution is -0.139. The van der Waals surface area contributed by atoms with E-state index in [1.54, 1.807) is 0 Å². The van der Waals surface area contributed by atoms with Crippen LogP contribution in [0.4, 0.5) is 5.69 Å². The highest BCUT2D eigenvalue weighted by Crippen LogP contribution is 2.23. The fourth-order valence-corrected chi connectivity index (χ4v) is 3.31. The molecule has 0 saturated carbocycles. The van der Waals surface area contributed by atoms with Gasteiger partial charge in [0.25, 0.3) is 5.91 Å². The molecule has 2 aromatic carbocycles. The number of para-hydroxylation sites is 1. The Labute approximate surface area is 160 Å². The van der Waals surface area contributed by atoms with Crippen molar-refractivity contribution < 1.29 is 9.53 Å². The van der Waals surface area contributed by atoms with E-state index < -0.39 is 6.10 Å². The molecule has 3 rings (SSSR count). The van der Waals surface area contributed by atoms with Crippen LogP contribution >= 0.6 is 11.6 Å². The molecule has 2 aromatic rings. The quantitative estimate of drug-likeness (QED) is 0.790. The van der Waals surface area contributed by atoms with E-state index in [9.17, 15) is 4.79 Å². The molecule has 1 aliphatic rings. The topological polar surface area (TPSA) is 32.8 Å². The lowest BCUT2D eigenvalue weighted by Crippen LogP contribution is -2.52. The zero-order valence-electron chi connectivity index (χ0n) is 15.3. The Morgan fingerprint density at radius 2 is 1.81 bits per heavy atom. The fourth-order valence-electron chi connectivity index (χ4n) is 3.19. The molecule has 1 saturated heterocycles. The monoisotopic (exact) mass is 372 g/mol. The number of aryl methyl sites for hydroxylation is 1. The minimum absolute atomic E-state index is 0.0628. The second-order valence-corrected chi connectivity index (χ2v) is 6.98. The summed E-state index contributed by atoms with van der Waals surface area (Å²) >= 11 is 6.06. The van der Waals surface area contributed by atoms with Gasteiger partial charge in [-0.1, -0.05) is 36.7 Å². The van der Waals surface area contributed by atoms with E-state index >= 15 is 0 Å². The van der Waals surface area contributed by atoms with Crippen LogP contribution in [0.1, 0.15) is 18.9 Å². The first-order valence-electron chi connectivity index (χ1n) is 9.10. The molecule has 0 N–H and O–H groups in total. The van der Waals surface area contributed by atoms with E-state index in [2.05, 4.69) is 17.0 Å². The summed E-state index contributed by atoms with van der Waals surface area (Å²) in [5.74, 6) is 0.753. The van der Waals surface area contributed by atoms with Crippen LogP contribution in [0.5, 0.6) is 5.75 Å². The molecule has 1 heterocycles. The van der Waals surface area contributed by atoms with Crippen LogP contribution in [0.3, 0.4) is 0 Å². The van der Waals surface area contributed by atoms with Gasteiger partial charge < -0.3 is 14.5 Å². The third kappa shape index (κ3) is 4.31. The molecule has 0 aliphatic carbocycles. The number of piperazine rings is 1. The van der Waals surface area contributed by atoms with Gasteiger partial charge in [-0.15, -0.1) is 0 Å². The SMILES string of the molecule is CCC(Oc1ccc(Cl)c(C)c1)C(=O)N1CCN(c2ccccc2)CC1. The van der Waals surface area contributed by atoms with Crippen LogP contribution in [-0.4, -0.2) is 43.1 Å². The highest BCUT2D eigenvalue weighted by atomic mass is 35.5. The van der Waals surface area contributed by atoms with Crippen molar-refractivity contribution in [3.05, 3.63) is 59.1 Å². The van der Waals surface area contributed by atoms with E-state index in [4.69, 9.17) is 16.3 Å². The van der Waals surface area contributed by atoms with Crippen molar-refractivity contribution >= 4 is 23.2 Å². The van der Waals surface area contributed by atoms with Crippen LogP contribution in [0, 0.1) is 6.92 Å². The first-order chi connectivity index (χ1) is 12.6. The van der Waals surface area contributed by atoms with Crippen molar-refractivity contribution in [2.45, 2.75) is 26.4 Å². The Balaban J connectivity index is 1.60. The van der Waals surface area contributed by atoms with E-state index in [1.165, 1.54) is 5.69 Å². The van der Waals surface area contributed by atoms with E-state index in [-0.39, 0.29) is 5.91 Å². The minimum Gasteiger partial charge on any atom is -0.481 e. The summed E-state index contributed by atoms with van der Waals surface area (Å²) in [6.07, 6.45) is 0.179. The molecule has 1 unspecified atom stereocenters. The number of rotatable bonds is 5. The number of benzene rings is 2. The summed E-state index contributed by atoms with van der Waals surface area (Å²) in [5, 5.41) is 0.703. The number of hydrogen-bond acceptors (Lipinski definition) is 3. The van der Waals surface area contributed by atoms with Crippen molar-refractivity contribution in [2.75, 3.05) is 31.1 Å². The number of nitrogens with zero attached hydrogens (tertiary/aromatic N) is 2. The second kappa shape index (κ2) is 8.45. The summed E-state index contributed by atoms with van der Waals surface area (Å²) in [6.45, 7) is 7.02. The molecule has 1 amide bonds. The number of anilines is 1. The first kappa shape index (κ1) is 18.6. The average molecular weight is 373 g/mol. The van der Waals surface area contributed by atoms with Crippen LogP contribution in [-0.2, 0) is 4.79 Å². The highest BCUT2D eigenvalue weighted by Gasteiger charge is 2.28. The number of carbonyl (C=O) groups is 1. The molecule has 0 aromatic heterocycles. The molecule has 0 spiro atoms. The fraction of sp³-hybridized carbons (Fsp3) is 0.381. The average Bonchev–Trinajstić information content (AvgIpc) is 2.69. The molecule has 0 radical (unpaired) electrons. The number of hydrogen-bond donors (Lipinski definition) is 0. The normalized spacial score (nSPS) is 15.7. The van der Waals surface area contributed by atoms with Gasteiger partial charge in [0.15, 0.2) is 6.10 Å². The zero-order chi connectivity index (χ0) is 18.5. The summed E-state index contributed by atoms with van der Waals surface area (Å²) in [7, 11) is 0. The predicted octanol–water partition coefficient (Wildman–Crippen LogP) is 4.15. The number of carbonyl (C=O) groups excluding carboxylic acids is 1. The van der Waals surface area contributed by atoms with Gasteiger partial charge in [-0.2, -0.15) is 0 Å². The van der Waals surface area contributed by atoms with Gasteiger partial charge in [0.1, 0.15) is 5.75 Å². The molecule has 5 heteroatoms. The molecule has 26 heavy (non-hydrogen) atoms. The van der Waals surface area contributed by atoms with Crippen molar-refractivity contribution in [1.82, 2.24) is 4.90 Å². The third-order valence-corrected chi connectivity index (χ3v) is 5.19. The summed E-state index contributed by atoms with van der Waals surface area (Å²) in [6, 6.07) is 15.8. The van der Waals surface area contributed by atoms with E-state index in [0.717, 1.165) is 18.7 Å². The van der Waals surface area contributed by atoms with Gasteiger partial charge in [0.05, 0.1) is 0 Å². The standard InChI is InChI=1S/C21H25ClN2O2/c1-3-20(26-18-9-10-19(22)16(2)15-18)21(25)24-13-11-23(12-14-24)17-7-5-4-6-8-17/h4-10,15,20H,3,11-14H2,1-2H3. The van der Waals surface area contributed by atoms with Gasteiger partial charge in [-0.25, -0.2) is 0 Å². The summed E-state index contributed by atoms with van der Waals surface area (Å²) < 4.78 is 5.96. The maximum Gasteiger partial charge on any atom is 0.263 e. The molecule has 1 fully saturated rings.